The fraction of sp³-hybridized carbons (Fsp3) is 0.136. The molecule has 0 radical (unpaired) electrons. The maximum Gasteiger partial charge on any atom is 0.270 e. The summed E-state index contributed by atoms with van der Waals surface area (Å²) in [7, 11) is -3.97. The van der Waals surface area contributed by atoms with Crippen LogP contribution in [-0.2, 0) is 10.0 Å². The number of rotatable bonds is 6. The van der Waals surface area contributed by atoms with Crippen LogP contribution in [0.25, 0.3) is 0 Å². The first-order valence-corrected chi connectivity index (χ1v) is 11.1. The first-order valence-electron chi connectivity index (χ1n) is 9.59. The molecule has 0 fully saturated rings. The van der Waals surface area contributed by atoms with E-state index in [1.165, 1.54) is 12.1 Å². The van der Waals surface area contributed by atoms with E-state index < -0.39 is 14.9 Å². The Morgan fingerprint density at radius 1 is 1.06 bits per heavy atom. The van der Waals surface area contributed by atoms with Crippen LogP contribution in [0.5, 0.6) is 0 Å². The third-order valence-electron chi connectivity index (χ3n) is 5.10. The van der Waals surface area contributed by atoms with Gasteiger partial charge in [0.2, 0.25) is 0 Å². The Hall–Kier alpha value is -3.72. The zero-order valence-corrected chi connectivity index (χ0v) is 17.5. The Bertz CT molecular complexity index is 1260. The highest BCUT2D eigenvalue weighted by molar-refractivity contribution is 7.92. The molecule has 0 aromatic heterocycles. The quantitative estimate of drug-likeness (QED) is 0.445. The highest BCUT2D eigenvalue weighted by Crippen LogP contribution is 2.26. The van der Waals surface area contributed by atoms with Crippen LogP contribution in [0.4, 0.5) is 11.4 Å². The molecular formula is C22H20N4O4S. The standard InChI is InChI=1S/C22H20N4O4S/c1-15-7-12-19(26(27)28)13-22(15)31(29,30)25-18-10-8-17(9-11-18)21-14-20(23-24-21)16-5-3-2-4-6-16/h2-13,20,23,25H,14H2,1H3. The molecule has 3 aromatic rings. The van der Waals surface area contributed by atoms with Crippen LogP contribution in [0.15, 0.2) is 82.8 Å². The van der Waals surface area contributed by atoms with Crippen LogP contribution in [0.3, 0.4) is 0 Å². The second-order valence-electron chi connectivity index (χ2n) is 7.24. The molecule has 1 heterocycles. The van der Waals surface area contributed by atoms with Gasteiger partial charge in [0.25, 0.3) is 15.7 Å². The lowest BCUT2D eigenvalue weighted by Gasteiger charge is -2.11. The van der Waals surface area contributed by atoms with Crippen molar-refractivity contribution in [2.75, 3.05) is 4.72 Å². The van der Waals surface area contributed by atoms with Gasteiger partial charge in [0.15, 0.2) is 0 Å². The predicted molar refractivity (Wildman–Crippen MR) is 119 cm³/mol. The van der Waals surface area contributed by atoms with Crippen LogP contribution >= 0.6 is 0 Å². The van der Waals surface area contributed by atoms with Crippen molar-refractivity contribution in [1.29, 1.82) is 0 Å². The van der Waals surface area contributed by atoms with Gasteiger partial charge in [-0.25, -0.2) is 8.42 Å². The van der Waals surface area contributed by atoms with Crippen molar-refractivity contribution in [1.82, 2.24) is 5.43 Å². The van der Waals surface area contributed by atoms with E-state index in [2.05, 4.69) is 15.2 Å². The molecule has 9 heteroatoms. The number of nitro benzene ring substituents is 1. The van der Waals surface area contributed by atoms with Gasteiger partial charge < -0.3 is 5.43 Å². The molecule has 0 aliphatic carbocycles. The fourth-order valence-electron chi connectivity index (χ4n) is 3.43. The highest BCUT2D eigenvalue weighted by Gasteiger charge is 2.22. The number of benzene rings is 3. The summed E-state index contributed by atoms with van der Waals surface area (Å²) in [5.74, 6) is 0. The van der Waals surface area contributed by atoms with Crippen molar-refractivity contribution in [2.24, 2.45) is 5.10 Å². The van der Waals surface area contributed by atoms with Crippen LogP contribution in [0, 0.1) is 17.0 Å². The monoisotopic (exact) mass is 436 g/mol. The molecular weight excluding hydrogens is 416 g/mol. The summed E-state index contributed by atoms with van der Waals surface area (Å²) < 4.78 is 28.0. The normalized spacial score (nSPS) is 15.8. The number of hydrogen-bond acceptors (Lipinski definition) is 6. The van der Waals surface area contributed by atoms with Gasteiger partial charge in [-0.3, -0.25) is 14.8 Å². The van der Waals surface area contributed by atoms with Gasteiger partial charge in [-0.05, 0) is 35.7 Å². The maximum absolute atomic E-state index is 12.8. The fourth-order valence-corrected chi connectivity index (χ4v) is 4.76. The van der Waals surface area contributed by atoms with Crippen LogP contribution in [-0.4, -0.2) is 19.1 Å². The third-order valence-corrected chi connectivity index (χ3v) is 6.62. The van der Waals surface area contributed by atoms with E-state index in [1.54, 1.807) is 31.2 Å². The molecule has 0 saturated heterocycles. The van der Waals surface area contributed by atoms with Gasteiger partial charge >= 0.3 is 0 Å². The molecule has 0 bridgehead atoms. The summed E-state index contributed by atoms with van der Waals surface area (Å²) in [5, 5.41) is 15.4. The summed E-state index contributed by atoms with van der Waals surface area (Å²) in [6, 6.07) is 20.8. The number of hydrogen-bond donors (Lipinski definition) is 2. The Kier molecular flexibility index (Phi) is 5.43. The molecule has 0 spiro atoms. The van der Waals surface area contributed by atoms with Crippen molar-refractivity contribution >= 4 is 27.1 Å². The second kappa shape index (κ2) is 8.19. The Morgan fingerprint density at radius 3 is 2.45 bits per heavy atom. The van der Waals surface area contributed by atoms with E-state index in [4.69, 9.17) is 0 Å². The zero-order valence-electron chi connectivity index (χ0n) is 16.6. The maximum atomic E-state index is 12.8. The average Bonchev–Trinajstić information content (AvgIpc) is 3.25. The van der Waals surface area contributed by atoms with Gasteiger partial charge in [0.1, 0.15) is 0 Å². The van der Waals surface area contributed by atoms with E-state index in [0.29, 0.717) is 11.3 Å². The largest absolute Gasteiger partial charge is 0.302 e. The van der Waals surface area contributed by atoms with Crippen molar-refractivity contribution in [3.05, 3.63) is 99.6 Å². The summed E-state index contributed by atoms with van der Waals surface area (Å²) in [6.45, 7) is 1.59. The SMILES string of the molecule is Cc1ccc([N+](=O)[O-])cc1S(=O)(=O)Nc1ccc(C2=NNC(c3ccccc3)C2)cc1. The van der Waals surface area contributed by atoms with E-state index in [9.17, 15) is 18.5 Å². The van der Waals surface area contributed by atoms with Gasteiger partial charge in [-0.2, -0.15) is 5.10 Å². The molecule has 0 saturated carbocycles. The molecule has 1 aliphatic rings. The van der Waals surface area contributed by atoms with E-state index >= 15 is 0 Å². The summed E-state index contributed by atoms with van der Waals surface area (Å²) in [6.07, 6.45) is 0.724. The zero-order chi connectivity index (χ0) is 22.0. The predicted octanol–water partition coefficient (Wildman–Crippen LogP) is 4.14. The van der Waals surface area contributed by atoms with Gasteiger partial charge in [-0.15, -0.1) is 0 Å². The lowest BCUT2D eigenvalue weighted by Crippen LogP contribution is -2.14. The smallest absolute Gasteiger partial charge is 0.270 e. The Morgan fingerprint density at radius 2 is 1.77 bits per heavy atom. The molecule has 158 valence electrons. The third kappa shape index (κ3) is 4.41. The van der Waals surface area contributed by atoms with Crippen LogP contribution in [0.2, 0.25) is 0 Å². The molecule has 1 unspecified atom stereocenters. The van der Waals surface area contributed by atoms with Crippen molar-refractivity contribution in [3.8, 4) is 0 Å². The summed E-state index contributed by atoms with van der Waals surface area (Å²) in [5.41, 5.74) is 6.57. The van der Waals surface area contributed by atoms with Crippen molar-refractivity contribution in [2.45, 2.75) is 24.3 Å². The number of non-ortho nitro benzene ring substituents is 1. The molecule has 4 rings (SSSR count). The number of nitro groups is 1. The molecule has 8 nitrogen and oxygen atoms in total. The molecule has 1 aliphatic heterocycles. The molecule has 31 heavy (non-hydrogen) atoms. The number of nitrogens with zero attached hydrogens (tertiary/aromatic N) is 2. The van der Waals surface area contributed by atoms with Crippen LogP contribution in [0.1, 0.15) is 29.2 Å². The molecule has 1 atom stereocenters. The first kappa shape index (κ1) is 20.5. The van der Waals surface area contributed by atoms with E-state index in [0.717, 1.165) is 29.3 Å². The van der Waals surface area contributed by atoms with Crippen LogP contribution < -0.4 is 10.1 Å². The average molecular weight is 436 g/mol. The molecule has 2 N–H and O–H groups in total. The van der Waals surface area contributed by atoms with Gasteiger partial charge in [-0.1, -0.05) is 48.5 Å². The lowest BCUT2D eigenvalue weighted by atomic mass is 9.99. The van der Waals surface area contributed by atoms with Crippen molar-refractivity contribution < 1.29 is 13.3 Å². The minimum absolute atomic E-state index is 0.103. The second-order valence-corrected chi connectivity index (χ2v) is 8.90. The van der Waals surface area contributed by atoms with Gasteiger partial charge in [0.05, 0.1) is 21.6 Å². The highest BCUT2D eigenvalue weighted by atomic mass is 32.2. The molecule has 3 aromatic carbocycles. The summed E-state index contributed by atoms with van der Waals surface area (Å²) >= 11 is 0. The van der Waals surface area contributed by atoms with E-state index in [-0.39, 0.29) is 16.6 Å². The van der Waals surface area contributed by atoms with E-state index in [1.807, 2.05) is 30.3 Å². The molecule has 0 amide bonds. The first-order chi connectivity index (χ1) is 14.8. The number of hydrazone groups is 1. The summed E-state index contributed by atoms with van der Waals surface area (Å²) in [4.78, 5) is 10.3. The number of sulfonamides is 1. The minimum atomic E-state index is -3.97. The topological polar surface area (TPSA) is 114 Å². The lowest BCUT2D eigenvalue weighted by molar-refractivity contribution is -0.385. The Balaban J connectivity index is 1.49. The number of nitrogens with one attached hydrogen (secondary N) is 2. The number of aryl methyl sites for hydroxylation is 1. The number of anilines is 1. The Labute approximate surface area is 179 Å². The minimum Gasteiger partial charge on any atom is -0.302 e. The van der Waals surface area contributed by atoms with Gasteiger partial charge in [0, 0.05) is 24.2 Å². The van der Waals surface area contributed by atoms with Crippen molar-refractivity contribution in [3.63, 3.8) is 0 Å².